The van der Waals surface area contributed by atoms with Crippen molar-refractivity contribution in [1.82, 2.24) is 4.98 Å². The molecule has 21 heavy (non-hydrogen) atoms. The standard InChI is InChI=1S/C13H13N3O5/c1-21-13(18)10(7-17)15-9-4-5-11(16(19)20)12-8(9)3-2-6-14-12/h2-6,10,15,17H,7H2,1H3. The number of benzene rings is 1. The minimum Gasteiger partial charge on any atom is -0.467 e. The van der Waals surface area contributed by atoms with E-state index in [9.17, 15) is 20.0 Å². The van der Waals surface area contributed by atoms with Gasteiger partial charge in [-0.3, -0.25) is 10.1 Å². The zero-order valence-corrected chi connectivity index (χ0v) is 11.1. The normalized spacial score (nSPS) is 11.9. The van der Waals surface area contributed by atoms with Crippen molar-refractivity contribution in [3.63, 3.8) is 0 Å². The fourth-order valence-electron chi connectivity index (χ4n) is 1.94. The van der Waals surface area contributed by atoms with Crippen molar-refractivity contribution in [3.05, 3.63) is 40.6 Å². The third kappa shape index (κ3) is 2.90. The Morgan fingerprint density at radius 1 is 1.52 bits per heavy atom. The Kier molecular flexibility index (Phi) is 4.29. The fourth-order valence-corrected chi connectivity index (χ4v) is 1.94. The molecule has 1 unspecified atom stereocenters. The number of rotatable bonds is 5. The molecule has 2 rings (SSSR count). The lowest BCUT2D eigenvalue weighted by atomic mass is 10.1. The minimum atomic E-state index is -0.958. The highest BCUT2D eigenvalue weighted by Crippen LogP contribution is 2.30. The molecule has 0 fully saturated rings. The molecule has 8 nitrogen and oxygen atoms in total. The van der Waals surface area contributed by atoms with Crippen LogP contribution in [0.1, 0.15) is 0 Å². The lowest BCUT2D eigenvalue weighted by Crippen LogP contribution is -2.34. The Morgan fingerprint density at radius 3 is 2.90 bits per heavy atom. The lowest BCUT2D eigenvalue weighted by molar-refractivity contribution is -0.383. The maximum Gasteiger partial charge on any atom is 0.330 e. The van der Waals surface area contributed by atoms with Crippen LogP contribution in [0.4, 0.5) is 11.4 Å². The zero-order valence-electron chi connectivity index (χ0n) is 11.1. The highest BCUT2D eigenvalue weighted by molar-refractivity contribution is 5.98. The molecule has 0 radical (unpaired) electrons. The summed E-state index contributed by atoms with van der Waals surface area (Å²) in [5, 5.41) is 23.5. The van der Waals surface area contributed by atoms with Crippen LogP contribution in [0.15, 0.2) is 30.5 Å². The molecule has 0 aliphatic heterocycles. The van der Waals surface area contributed by atoms with Gasteiger partial charge in [-0.2, -0.15) is 0 Å². The van der Waals surface area contributed by atoms with E-state index < -0.39 is 23.5 Å². The number of nitrogens with zero attached hydrogens (tertiary/aromatic N) is 2. The number of aromatic nitrogens is 1. The number of anilines is 1. The van der Waals surface area contributed by atoms with Gasteiger partial charge in [-0.15, -0.1) is 0 Å². The molecule has 8 heteroatoms. The van der Waals surface area contributed by atoms with E-state index in [0.717, 1.165) is 0 Å². The van der Waals surface area contributed by atoms with E-state index in [1.165, 1.54) is 25.4 Å². The van der Waals surface area contributed by atoms with Crippen molar-refractivity contribution in [1.29, 1.82) is 0 Å². The molecular formula is C13H13N3O5. The lowest BCUT2D eigenvalue weighted by Gasteiger charge is -2.16. The second kappa shape index (κ2) is 6.14. The van der Waals surface area contributed by atoms with Gasteiger partial charge < -0.3 is 15.2 Å². The molecule has 110 valence electrons. The number of methoxy groups -OCH3 is 1. The summed E-state index contributed by atoms with van der Waals surface area (Å²) in [6, 6.07) is 5.07. The van der Waals surface area contributed by atoms with E-state index in [2.05, 4.69) is 15.0 Å². The molecule has 0 saturated heterocycles. The first-order valence-electron chi connectivity index (χ1n) is 6.05. The first-order valence-corrected chi connectivity index (χ1v) is 6.05. The van der Waals surface area contributed by atoms with Gasteiger partial charge in [0.15, 0.2) is 0 Å². The SMILES string of the molecule is COC(=O)C(CO)Nc1ccc([N+](=O)[O-])c2ncccc12. The number of carbonyl (C=O) groups is 1. The van der Waals surface area contributed by atoms with Gasteiger partial charge in [0.25, 0.3) is 5.69 Å². The average Bonchev–Trinajstić information content (AvgIpc) is 2.51. The van der Waals surface area contributed by atoms with Crippen LogP contribution in [0, 0.1) is 10.1 Å². The number of fused-ring (bicyclic) bond motifs is 1. The number of non-ortho nitro benzene ring substituents is 1. The summed E-state index contributed by atoms with van der Waals surface area (Å²) >= 11 is 0. The van der Waals surface area contributed by atoms with E-state index >= 15 is 0 Å². The second-order valence-corrected chi connectivity index (χ2v) is 4.19. The van der Waals surface area contributed by atoms with E-state index in [4.69, 9.17) is 0 Å². The Hall–Kier alpha value is -2.74. The van der Waals surface area contributed by atoms with Crippen LogP contribution in [0.3, 0.4) is 0 Å². The Labute approximate surface area is 119 Å². The number of nitro benzene ring substituents is 1. The van der Waals surface area contributed by atoms with Gasteiger partial charge in [0.1, 0.15) is 11.6 Å². The van der Waals surface area contributed by atoms with Gasteiger partial charge in [-0.1, -0.05) is 0 Å². The third-order valence-corrected chi connectivity index (χ3v) is 2.94. The number of hydrogen-bond acceptors (Lipinski definition) is 7. The monoisotopic (exact) mass is 291 g/mol. The summed E-state index contributed by atoms with van der Waals surface area (Å²) in [4.78, 5) is 26.0. The van der Waals surface area contributed by atoms with Crippen molar-refractivity contribution in [2.75, 3.05) is 19.0 Å². The van der Waals surface area contributed by atoms with Gasteiger partial charge in [-0.05, 0) is 18.2 Å². The highest BCUT2D eigenvalue weighted by atomic mass is 16.6. The van der Waals surface area contributed by atoms with Crippen LogP contribution in [0.2, 0.25) is 0 Å². The van der Waals surface area contributed by atoms with Crippen LogP contribution < -0.4 is 5.32 Å². The fraction of sp³-hybridized carbons (Fsp3) is 0.231. The van der Waals surface area contributed by atoms with Crippen molar-refractivity contribution in [3.8, 4) is 0 Å². The van der Waals surface area contributed by atoms with Crippen LogP contribution in [0.25, 0.3) is 10.9 Å². The molecule has 0 aliphatic carbocycles. The summed E-state index contributed by atoms with van der Waals surface area (Å²) < 4.78 is 4.56. The number of pyridine rings is 1. The number of hydrogen-bond donors (Lipinski definition) is 2. The van der Waals surface area contributed by atoms with Crippen molar-refractivity contribution < 1.29 is 19.6 Å². The topological polar surface area (TPSA) is 115 Å². The number of aliphatic hydroxyl groups is 1. The van der Waals surface area contributed by atoms with Crippen LogP contribution >= 0.6 is 0 Å². The van der Waals surface area contributed by atoms with Gasteiger partial charge >= 0.3 is 5.97 Å². The van der Waals surface area contributed by atoms with Crippen LogP contribution in [-0.2, 0) is 9.53 Å². The van der Waals surface area contributed by atoms with Gasteiger partial charge in [0.2, 0.25) is 0 Å². The largest absolute Gasteiger partial charge is 0.467 e. The van der Waals surface area contributed by atoms with E-state index in [1.54, 1.807) is 12.1 Å². The smallest absolute Gasteiger partial charge is 0.330 e. The minimum absolute atomic E-state index is 0.130. The quantitative estimate of drug-likeness (QED) is 0.481. The average molecular weight is 291 g/mol. The third-order valence-electron chi connectivity index (χ3n) is 2.94. The molecule has 0 bridgehead atoms. The molecule has 0 spiro atoms. The number of nitrogens with one attached hydrogen (secondary N) is 1. The summed E-state index contributed by atoms with van der Waals surface area (Å²) in [6.07, 6.45) is 1.45. The summed E-state index contributed by atoms with van der Waals surface area (Å²) in [6.45, 7) is -0.467. The predicted molar refractivity (Wildman–Crippen MR) is 74.9 cm³/mol. The molecule has 1 aromatic heterocycles. The molecule has 0 saturated carbocycles. The number of nitro groups is 1. The molecule has 0 amide bonds. The summed E-state index contributed by atoms with van der Waals surface area (Å²) in [7, 11) is 1.21. The van der Waals surface area contributed by atoms with Crippen molar-refractivity contribution in [2.24, 2.45) is 0 Å². The van der Waals surface area contributed by atoms with E-state index in [-0.39, 0.29) is 11.2 Å². The molecule has 2 N–H and O–H groups in total. The Balaban J connectivity index is 2.48. The van der Waals surface area contributed by atoms with Crippen LogP contribution in [-0.4, -0.2) is 40.7 Å². The maximum atomic E-state index is 11.5. The first-order chi connectivity index (χ1) is 10.1. The molecule has 0 aliphatic rings. The van der Waals surface area contributed by atoms with Gasteiger partial charge in [0, 0.05) is 23.3 Å². The van der Waals surface area contributed by atoms with Crippen molar-refractivity contribution >= 4 is 28.2 Å². The zero-order chi connectivity index (χ0) is 15.4. The number of ether oxygens (including phenoxy) is 1. The Bertz CT molecular complexity index is 689. The Morgan fingerprint density at radius 2 is 2.29 bits per heavy atom. The molecule has 1 heterocycles. The maximum absolute atomic E-state index is 11.5. The van der Waals surface area contributed by atoms with E-state index in [1.807, 2.05) is 0 Å². The summed E-state index contributed by atoms with van der Waals surface area (Å²) in [5.41, 5.74) is 0.525. The molecule has 1 atom stereocenters. The molecular weight excluding hydrogens is 278 g/mol. The molecule has 2 aromatic rings. The van der Waals surface area contributed by atoms with Crippen molar-refractivity contribution in [2.45, 2.75) is 6.04 Å². The second-order valence-electron chi connectivity index (χ2n) is 4.19. The van der Waals surface area contributed by atoms with Gasteiger partial charge in [0.05, 0.1) is 18.6 Å². The number of carbonyl (C=O) groups excluding carboxylic acids is 1. The highest BCUT2D eigenvalue weighted by Gasteiger charge is 2.21. The van der Waals surface area contributed by atoms with Gasteiger partial charge in [-0.25, -0.2) is 9.78 Å². The molecule has 1 aromatic carbocycles. The number of esters is 1. The van der Waals surface area contributed by atoms with Crippen LogP contribution in [0.5, 0.6) is 0 Å². The first kappa shape index (κ1) is 14.7. The summed E-state index contributed by atoms with van der Waals surface area (Å²) in [5.74, 6) is -0.632. The van der Waals surface area contributed by atoms with E-state index in [0.29, 0.717) is 11.1 Å². The predicted octanol–water partition coefficient (Wildman–Crippen LogP) is 1.09. The number of aliphatic hydroxyl groups excluding tert-OH is 1.